The molecule has 2 N–H and O–H groups in total. The van der Waals surface area contributed by atoms with Crippen LogP contribution in [0.2, 0.25) is 0 Å². The fraction of sp³-hybridized carbons (Fsp3) is 0.333. The van der Waals surface area contributed by atoms with Gasteiger partial charge in [0.1, 0.15) is 0 Å². The maximum absolute atomic E-state index is 12.2. The SMILES string of the molecule is O=C(NC1(CO)CCC1)c1ccc2ncccc2c1. The smallest absolute Gasteiger partial charge is 0.251 e. The first-order valence-corrected chi connectivity index (χ1v) is 6.51. The van der Waals surface area contributed by atoms with E-state index >= 15 is 0 Å². The van der Waals surface area contributed by atoms with Crippen LogP contribution >= 0.6 is 0 Å². The lowest BCUT2D eigenvalue weighted by Gasteiger charge is -2.40. The van der Waals surface area contributed by atoms with Crippen molar-refractivity contribution in [1.82, 2.24) is 10.3 Å². The number of fused-ring (bicyclic) bond motifs is 1. The Morgan fingerprint density at radius 3 is 2.89 bits per heavy atom. The zero-order valence-corrected chi connectivity index (χ0v) is 10.6. The Morgan fingerprint density at radius 1 is 1.37 bits per heavy atom. The van der Waals surface area contributed by atoms with Crippen molar-refractivity contribution >= 4 is 16.8 Å². The molecule has 1 fully saturated rings. The van der Waals surface area contributed by atoms with Gasteiger partial charge in [0, 0.05) is 17.1 Å². The number of aromatic nitrogens is 1. The van der Waals surface area contributed by atoms with Gasteiger partial charge in [-0.3, -0.25) is 9.78 Å². The molecule has 0 saturated heterocycles. The fourth-order valence-corrected chi connectivity index (χ4v) is 2.46. The Bertz CT molecular complexity index is 615. The van der Waals surface area contributed by atoms with Crippen LogP contribution in [0.25, 0.3) is 10.9 Å². The van der Waals surface area contributed by atoms with Gasteiger partial charge in [-0.2, -0.15) is 0 Å². The molecule has 0 radical (unpaired) electrons. The summed E-state index contributed by atoms with van der Waals surface area (Å²) in [6.45, 7) is 0.00781. The van der Waals surface area contributed by atoms with Gasteiger partial charge in [-0.15, -0.1) is 0 Å². The number of nitrogens with one attached hydrogen (secondary N) is 1. The van der Waals surface area contributed by atoms with E-state index < -0.39 is 5.54 Å². The van der Waals surface area contributed by atoms with Gasteiger partial charge < -0.3 is 10.4 Å². The zero-order valence-electron chi connectivity index (χ0n) is 10.6. The minimum Gasteiger partial charge on any atom is -0.394 e. The molecule has 1 aliphatic carbocycles. The molecule has 19 heavy (non-hydrogen) atoms. The predicted molar refractivity (Wildman–Crippen MR) is 72.9 cm³/mol. The average Bonchev–Trinajstić information content (AvgIpc) is 2.42. The molecule has 1 aromatic heterocycles. The van der Waals surface area contributed by atoms with Gasteiger partial charge in [0.05, 0.1) is 17.7 Å². The van der Waals surface area contributed by atoms with E-state index in [0.717, 1.165) is 30.2 Å². The molecule has 1 saturated carbocycles. The van der Waals surface area contributed by atoms with Crippen LogP contribution in [-0.4, -0.2) is 28.1 Å². The number of amides is 1. The van der Waals surface area contributed by atoms with Crippen LogP contribution in [0.15, 0.2) is 36.5 Å². The lowest BCUT2D eigenvalue weighted by Crippen LogP contribution is -2.56. The number of nitrogens with zero attached hydrogens (tertiary/aromatic N) is 1. The quantitative estimate of drug-likeness (QED) is 0.881. The third-order valence-corrected chi connectivity index (χ3v) is 3.86. The summed E-state index contributed by atoms with van der Waals surface area (Å²) in [5.74, 6) is -0.125. The molecule has 4 heteroatoms. The highest BCUT2D eigenvalue weighted by Gasteiger charge is 2.37. The predicted octanol–water partition coefficient (Wildman–Crippen LogP) is 1.88. The van der Waals surface area contributed by atoms with Crippen molar-refractivity contribution in [3.8, 4) is 0 Å². The second kappa shape index (κ2) is 4.63. The number of aliphatic hydroxyl groups is 1. The minimum absolute atomic E-state index is 0.00781. The van der Waals surface area contributed by atoms with Crippen LogP contribution in [0.4, 0.5) is 0 Å². The van der Waals surface area contributed by atoms with Crippen molar-refractivity contribution in [1.29, 1.82) is 0 Å². The molecule has 1 heterocycles. The van der Waals surface area contributed by atoms with Gasteiger partial charge in [-0.1, -0.05) is 6.07 Å². The van der Waals surface area contributed by atoms with Gasteiger partial charge in [0.2, 0.25) is 0 Å². The number of carbonyl (C=O) groups is 1. The first kappa shape index (κ1) is 12.1. The Hall–Kier alpha value is -1.94. The van der Waals surface area contributed by atoms with Crippen LogP contribution in [0.3, 0.4) is 0 Å². The van der Waals surface area contributed by atoms with Crippen LogP contribution < -0.4 is 5.32 Å². The summed E-state index contributed by atoms with van der Waals surface area (Å²) < 4.78 is 0. The van der Waals surface area contributed by atoms with E-state index in [0.29, 0.717) is 5.56 Å². The molecule has 0 spiro atoms. The molecule has 1 amide bonds. The third kappa shape index (κ3) is 2.19. The Balaban J connectivity index is 1.85. The summed E-state index contributed by atoms with van der Waals surface area (Å²) in [7, 11) is 0. The molecule has 4 nitrogen and oxygen atoms in total. The molecule has 0 unspecified atom stereocenters. The topological polar surface area (TPSA) is 62.2 Å². The van der Waals surface area contributed by atoms with Crippen molar-refractivity contribution in [3.05, 3.63) is 42.1 Å². The molecule has 98 valence electrons. The second-order valence-corrected chi connectivity index (χ2v) is 5.16. The highest BCUT2D eigenvalue weighted by atomic mass is 16.3. The van der Waals surface area contributed by atoms with Gasteiger partial charge in [0.15, 0.2) is 0 Å². The van der Waals surface area contributed by atoms with E-state index in [1.54, 1.807) is 12.3 Å². The third-order valence-electron chi connectivity index (χ3n) is 3.86. The lowest BCUT2D eigenvalue weighted by molar-refractivity contribution is 0.0642. The summed E-state index contributed by atoms with van der Waals surface area (Å²) in [5, 5.41) is 13.3. The van der Waals surface area contributed by atoms with Crippen molar-refractivity contribution in [2.45, 2.75) is 24.8 Å². The first-order chi connectivity index (χ1) is 9.22. The van der Waals surface area contributed by atoms with Crippen LogP contribution in [0.1, 0.15) is 29.6 Å². The van der Waals surface area contributed by atoms with E-state index in [4.69, 9.17) is 0 Å². The second-order valence-electron chi connectivity index (χ2n) is 5.16. The molecule has 1 aromatic carbocycles. The maximum Gasteiger partial charge on any atom is 0.251 e. The number of benzene rings is 1. The van der Waals surface area contributed by atoms with Crippen LogP contribution in [0, 0.1) is 0 Å². The molecule has 0 atom stereocenters. The minimum atomic E-state index is -0.402. The van der Waals surface area contributed by atoms with E-state index in [1.165, 1.54) is 0 Å². The van der Waals surface area contributed by atoms with Crippen LogP contribution in [-0.2, 0) is 0 Å². The van der Waals surface area contributed by atoms with Gasteiger partial charge in [-0.05, 0) is 43.5 Å². The molecule has 1 aliphatic rings. The van der Waals surface area contributed by atoms with E-state index in [2.05, 4.69) is 10.3 Å². The molecular weight excluding hydrogens is 240 g/mol. The monoisotopic (exact) mass is 256 g/mol. The Morgan fingerprint density at radius 2 is 2.21 bits per heavy atom. The summed E-state index contributed by atoms with van der Waals surface area (Å²) >= 11 is 0. The standard InChI is InChI=1S/C15H16N2O2/c18-10-15(6-2-7-15)17-14(19)12-4-5-13-11(9-12)3-1-8-16-13/h1,3-5,8-9,18H,2,6-7,10H2,(H,17,19). The van der Waals surface area contributed by atoms with Crippen LogP contribution in [0.5, 0.6) is 0 Å². The molecule has 3 rings (SSSR count). The largest absolute Gasteiger partial charge is 0.394 e. The van der Waals surface area contributed by atoms with E-state index in [-0.39, 0.29) is 12.5 Å². The number of carbonyl (C=O) groups excluding carboxylic acids is 1. The highest BCUT2D eigenvalue weighted by molar-refractivity contribution is 5.98. The summed E-state index contributed by atoms with van der Waals surface area (Å²) in [5.41, 5.74) is 1.08. The number of aliphatic hydroxyl groups excluding tert-OH is 1. The lowest BCUT2D eigenvalue weighted by atomic mass is 9.77. The zero-order chi connectivity index (χ0) is 13.3. The summed E-state index contributed by atoms with van der Waals surface area (Å²) in [4.78, 5) is 16.4. The fourth-order valence-electron chi connectivity index (χ4n) is 2.46. The molecule has 0 aliphatic heterocycles. The first-order valence-electron chi connectivity index (χ1n) is 6.51. The van der Waals surface area contributed by atoms with Crippen molar-refractivity contribution < 1.29 is 9.90 Å². The van der Waals surface area contributed by atoms with E-state index in [1.807, 2.05) is 24.3 Å². The normalized spacial score (nSPS) is 16.9. The maximum atomic E-state index is 12.2. The number of pyridine rings is 1. The van der Waals surface area contributed by atoms with Gasteiger partial charge in [-0.25, -0.2) is 0 Å². The van der Waals surface area contributed by atoms with Crippen molar-refractivity contribution in [2.24, 2.45) is 0 Å². The van der Waals surface area contributed by atoms with Crippen molar-refractivity contribution in [2.75, 3.05) is 6.61 Å². The summed E-state index contributed by atoms with van der Waals surface area (Å²) in [6.07, 6.45) is 4.49. The van der Waals surface area contributed by atoms with Crippen molar-refractivity contribution in [3.63, 3.8) is 0 Å². The molecule has 2 aromatic rings. The summed E-state index contributed by atoms with van der Waals surface area (Å²) in [6, 6.07) is 9.24. The Kier molecular flexibility index (Phi) is 2.95. The van der Waals surface area contributed by atoms with Gasteiger partial charge in [0.25, 0.3) is 5.91 Å². The molecule has 0 bridgehead atoms. The molecular formula is C15H16N2O2. The number of rotatable bonds is 3. The van der Waals surface area contributed by atoms with E-state index in [9.17, 15) is 9.90 Å². The van der Waals surface area contributed by atoms with Gasteiger partial charge >= 0.3 is 0 Å². The number of hydrogen-bond donors (Lipinski definition) is 2. The average molecular weight is 256 g/mol. The number of hydrogen-bond acceptors (Lipinski definition) is 3. The Labute approximate surface area is 111 Å². The highest BCUT2D eigenvalue weighted by Crippen LogP contribution is 2.31.